The van der Waals surface area contributed by atoms with Gasteiger partial charge >= 0.3 is 0 Å². The van der Waals surface area contributed by atoms with Crippen molar-refractivity contribution < 1.29 is 4.74 Å². The van der Waals surface area contributed by atoms with Crippen LogP contribution in [0.1, 0.15) is 5.56 Å². The summed E-state index contributed by atoms with van der Waals surface area (Å²) in [6.45, 7) is 1.63. The van der Waals surface area contributed by atoms with Crippen LogP contribution >= 0.6 is 0 Å². The van der Waals surface area contributed by atoms with E-state index in [1.54, 1.807) is 7.11 Å². The van der Waals surface area contributed by atoms with Gasteiger partial charge in [-0.3, -0.25) is 0 Å². The highest BCUT2D eigenvalue weighted by Gasteiger charge is 1.98. The van der Waals surface area contributed by atoms with Gasteiger partial charge in [-0.1, -0.05) is 18.2 Å². The first kappa shape index (κ1) is 10.0. The summed E-state index contributed by atoms with van der Waals surface area (Å²) in [5, 5.41) is 6.26. The van der Waals surface area contributed by atoms with Crippen molar-refractivity contribution in [3.05, 3.63) is 29.8 Å². The maximum absolute atomic E-state index is 5.22. The number of rotatable bonds is 5. The zero-order valence-corrected chi connectivity index (χ0v) is 8.13. The number of ether oxygens (including phenoxy) is 1. The Kier molecular flexibility index (Phi) is 4.29. The monoisotopic (exact) mass is 180 g/mol. The number of nitrogens with one attached hydrogen (secondary N) is 2. The third-order valence-electron chi connectivity index (χ3n) is 1.81. The molecule has 0 aliphatic rings. The summed E-state index contributed by atoms with van der Waals surface area (Å²) in [7, 11) is 3.60. The Hall–Kier alpha value is -1.06. The SMILES string of the molecule is CNCNCc1ccccc1OC. The molecule has 0 radical (unpaired) electrons. The molecule has 0 heterocycles. The minimum Gasteiger partial charge on any atom is -0.496 e. The topological polar surface area (TPSA) is 33.3 Å². The highest BCUT2D eigenvalue weighted by atomic mass is 16.5. The standard InChI is InChI=1S/C10H16N2O/c1-11-8-12-7-9-5-3-4-6-10(9)13-2/h3-6,11-12H,7-8H2,1-2H3. The smallest absolute Gasteiger partial charge is 0.123 e. The fourth-order valence-electron chi connectivity index (χ4n) is 1.17. The van der Waals surface area contributed by atoms with Crippen molar-refractivity contribution in [3.63, 3.8) is 0 Å². The molecule has 0 amide bonds. The second kappa shape index (κ2) is 5.56. The molecule has 0 atom stereocenters. The van der Waals surface area contributed by atoms with Gasteiger partial charge in [-0.25, -0.2) is 0 Å². The van der Waals surface area contributed by atoms with E-state index in [2.05, 4.69) is 16.7 Å². The Balaban J connectivity index is 2.54. The number of benzene rings is 1. The zero-order valence-electron chi connectivity index (χ0n) is 8.13. The average molecular weight is 180 g/mol. The van der Waals surface area contributed by atoms with E-state index in [1.807, 2.05) is 25.2 Å². The van der Waals surface area contributed by atoms with E-state index in [9.17, 15) is 0 Å². The minimum absolute atomic E-state index is 0.804. The Bertz CT molecular complexity index is 250. The fraction of sp³-hybridized carbons (Fsp3) is 0.400. The van der Waals surface area contributed by atoms with Crippen LogP contribution < -0.4 is 15.4 Å². The summed E-state index contributed by atoms with van der Waals surface area (Å²) >= 11 is 0. The van der Waals surface area contributed by atoms with E-state index in [-0.39, 0.29) is 0 Å². The van der Waals surface area contributed by atoms with Gasteiger partial charge in [-0.15, -0.1) is 0 Å². The Morgan fingerprint density at radius 1 is 1.31 bits per heavy atom. The maximum Gasteiger partial charge on any atom is 0.123 e. The zero-order chi connectivity index (χ0) is 9.52. The molecule has 0 aromatic heterocycles. The number of para-hydroxylation sites is 1. The number of hydrogen-bond donors (Lipinski definition) is 2. The van der Waals surface area contributed by atoms with E-state index in [0.29, 0.717) is 0 Å². The number of methoxy groups -OCH3 is 1. The molecule has 2 N–H and O–H groups in total. The van der Waals surface area contributed by atoms with Crippen LogP contribution in [0, 0.1) is 0 Å². The van der Waals surface area contributed by atoms with Crippen LogP contribution in [0.5, 0.6) is 5.75 Å². The summed E-state index contributed by atoms with van der Waals surface area (Å²) < 4.78 is 5.22. The third kappa shape index (κ3) is 3.05. The van der Waals surface area contributed by atoms with Gasteiger partial charge in [0.1, 0.15) is 5.75 Å². The quantitative estimate of drug-likeness (QED) is 0.523. The van der Waals surface area contributed by atoms with E-state index in [0.717, 1.165) is 19.0 Å². The summed E-state index contributed by atoms with van der Waals surface area (Å²) in [5.41, 5.74) is 1.18. The van der Waals surface area contributed by atoms with Crippen LogP contribution in [0.25, 0.3) is 0 Å². The fourth-order valence-corrected chi connectivity index (χ4v) is 1.17. The molecule has 3 heteroatoms. The molecule has 0 aliphatic heterocycles. The lowest BCUT2D eigenvalue weighted by Crippen LogP contribution is -2.25. The highest BCUT2D eigenvalue weighted by molar-refractivity contribution is 5.32. The lowest BCUT2D eigenvalue weighted by atomic mass is 10.2. The number of hydrogen-bond acceptors (Lipinski definition) is 3. The summed E-state index contributed by atoms with van der Waals surface area (Å²) in [6.07, 6.45) is 0. The first-order valence-corrected chi connectivity index (χ1v) is 4.35. The minimum atomic E-state index is 0.804. The first-order chi connectivity index (χ1) is 6.38. The maximum atomic E-state index is 5.22. The van der Waals surface area contributed by atoms with Crippen molar-refractivity contribution in [2.24, 2.45) is 0 Å². The van der Waals surface area contributed by atoms with Crippen LogP contribution in [0.3, 0.4) is 0 Å². The van der Waals surface area contributed by atoms with Gasteiger partial charge in [0.05, 0.1) is 7.11 Å². The molecular formula is C10H16N2O. The van der Waals surface area contributed by atoms with Crippen molar-refractivity contribution in [3.8, 4) is 5.75 Å². The van der Waals surface area contributed by atoms with Crippen LogP contribution in [0.4, 0.5) is 0 Å². The average Bonchev–Trinajstić information content (AvgIpc) is 2.19. The van der Waals surface area contributed by atoms with Crippen molar-refractivity contribution in [1.29, 1.82) is 0 Å². The lowest BCUT2D eigenvalue weighted by molar-refractivity contribution is 0.407. The highest BCUT2D eigenvalue weighted by Crippen LogP contribution is 2.16. The molecule has 0 fully saturated rings. The molecule has 13 heavy (non-hydrogen) atoms. The Labute approximate surface area is 79.1 Å². The molecule has 0 saturated heterocycles. The van der Waals surface area contributed by atoms with Gasteiger partial charge in [0, 0.05) is 18.8 Å². The van der Waals surface area contributed by atoms with Crippen molar-refractivity contribution in [2.75, 3.05) is 20.8 Å². The molecule has 72 valence electrons. The van der Waals surface area contributed by atoms with E-state index in [1.165, 1.54) is 5.56 Å². The van der Waals surface area contributed by atoms with E-state index in [4.69, 9.17) is 4.74 Å². The second-order valence-electron chi connectivity index (χ2n) is 2.77. The molecule has 3 nitrogen and oxygen atoms in total. The normalized spacial score (nSPS) is 10.0. The molecule has 1 rings (SSSR count). The van der Waals surface area contributed by atoms with Gasteiger partial charge in [-0.05, 0) is 13.1 Å². The van der Waals surface area contributed by atoms with E-state index >= 15 is 0 Å². The molecule has 1 aromatic carbocycles. The van der Waals surface area contributed by atoms with Crippen LogP contribution in [-0.4, -0.2) is 20.8 Å². The molecule has 0 spiro atoms. The molecule has 0 bridgehead atoms. The Morgan fingerprint density at radius 3 is 2.77 bits per heavy atom. The van der Waals surface area contributed by atoms with Crippen LogP contribution in [0.2, 0.25) is 0 Å². The van der Waals surface area contributed by atoms with Crippen molar-refractivity contribution in [1.82, 2.24) is 10.6 Å². The third-order valence-corrected chi connectivity index (χ3v) is 1.81. The predicted octanol–water partition coefficient (Wildman–Crippen LogP) is 0.962. The second-order valence-corrected chi connectivity index (χ2v) is 2.77. The molecule has 0 saturated carbocycles. The van der Waals surface area contributed by atoms with Crippen LogP contribution in [0.15, 0.2) is 24.3 Å². The van der Waals surface area contributed by atoms with Gasteiger partial charge in [0.2, 0.25) is 0 Å². The van der Waals surface area contributed by atoms with Crippen molar-refractivity contribution >= 4 is 0 Å². The summed E-state index contributed by atoms with van der Waals surface area (Å²) in [6, 6.07) is 8.01. The largest absolute Gasteiger partial charge is 0.496 e. The summed E-state index contributed by atoms with van der Waals surface area (Å²) in [5.74, 6) is 0.936. The molecule has 0 aliphatic carbocycles. The molecule has 0 unspecified atom stereocenters. The van der Waals surface area contributed by atoms with Crippen molar-refractivity contribution in [2.45, 2.75) is 6.54 Å². The van der Waals surface area contributed by atoms with Gasteiger partial charge in [-0.2, -0.15) is 0 Å². The van der Waals surface area contributed by atoms with Gasteiger partial charge in [0.15, 0.2) is 0 Å². The predicted molar refractivity (Wildman–Crippen MR) is 53.8 cm³/mol. The van der Waals surface area contributed by atoms with Gasteiger partial charge < -0.3 is 15.4 Å². The molecule has 1 aromatic rings. The molecular weight excluding hydrogens is 164 g/mol. The van der Waals surface area contributed by atoms with E-state index < -0.39 is 0 Å². The van der Waals surface area contributed by atoms with Gasteiger partial charge in [0.25, 0.3) is 0 Å². The lowest BCUT2D eigenvalue weighted by Gasteiger charge is -2.08. The first-order valence-electron chi connectivity index (χ1n) is 4.35. The Morgan fingerprint density at radius 2 is 2.08 bits per heavy atom. The summed E-state index contributed by atoms with van der Waals surface area (Å²) in [4.78, 5) is 0. The van der Waals surface area contributed by atoms with Crippen LogP contribution in [-0.2, 0) is 6.54 Å².